The van der Waals surface area contributed by atoms with Gasteiger partial charge in [0.05, 0.1) is 0 Å². The predicted molar refractivity (Wildman–Crippen MR) is 39.3 cm³/mol. The lowest BCUT2D eigenvalue weighted by Crippen LogP contribution is -1.99. The van der Waals surface area contributed by atoms with Gasteiger partial charge < -0.3 is 0 Å². The zero-order valence-corrected chi connectivity index (χ0v) is 6.33. The largest absolute Gasteiger partial charge is 0.0735 e. The second-order valence-corrected chi connectivity index (χ2v) is 3.85. The molecule has 1 fully saturated rings. The topological polar surface area (TPSA) is 0 Å². The minimum absolute atomic E-state index is 0.697. The van der Waals surface area contributed by atoms with Crippen LogP contribution in [0.2, 0.25) is 0 Å². The van der Waals surface area contributed by atoms with Crippen LogP contribution in [0.4, 0.5) is 0 Å². The normalized spacial score (nSPS) is 40.7. The van der Waals surface area contributed by atoms with Crippen LogP contribution in [0, 0.1) is 5.41 Å². The first-order valence-electron chi connectivity index (χ1n) is 3.91. The number of fused-ring (bicyclic) bond motifs is 1. The van der Waals surface area contributed by atoms with Crippen molar-refractivity contribution in [1.82, 2.24) is 0 Å². The Morgan fingerprint density at radius 2 is 2.22 bits per heavy atom. The highest BCUT2D eigenvalue weighted by molar-refractivity contribution is 5.37. The van der Waals surface area contributed by atoms with Gasteiger partial charge in [0, 0.05) is 0 Å². The van der Waals surface area contributed by atoms with Crippen LogP contribution in [-0.2, 0) is 0 Å². The fourth-order valence-electron chi connectivity index (χ4n) is 2.15. The maximum Gasteiger partial charge on any atom is -0.00759 e. The van der Waals surface area contributed by atoms with Gasteiger partial charge in [0.25, 0.3) is 0 Å². The Morgan fingerprint density at radius 1 is 1.44 bits per heavy atom. The van der Waals surface area contributed by atoms with Gasteiger partial charge in [-0.3, -0.25) is 0 Å². The van der Waals surface area contributed by atoms with E-state index in [1.807, 2.05) is 0 Å². The average Bonchev–Trinajstić information content (AvgIpc) is 2.43. The molecule has 0 aromatic heterocycles. The Kier molecular flexibility index (Phi) is 0.870. The van der Waals surface area contributed by atoms with Gasteiger partial charge >= 0.3 is 0 Å². The highest BCUT2D eigenvalue weighted by Crippen LogP contribution is 2.59. The van der Waals surface area contributed by atoms with E-state index >= 15 is 0 Å². The number of hydrogen-bond donors (Lipinski definition) is 0. The van der Waals surface area contributed by atoms with Gasteiger partial charge in [-0.1, -0.05) is 18.1 Å². The van der Waals surface area contributed by atoms with Crippen molar-refractivity contribution in [1.29, 1.82) is 0 Å². The molecule has 0 saturated heterocycles. The van der Waals surface area contributed by atoms with E-state index in [-0.39, 0.29) is 0 Å². The van der Waals surface area contributed by atoms with Gasteiger partial charge in [-0.15, -0.1) is 0 Å². The maximum atomic E-state index is 2.41. The molecule has 0 bridgehead atoms. The summed E-state index contributed by atoms with van der Waals surface area (Å²) in [6.45, 7) is 4.71. The molecule has 1 unspecified atom stereocenters. The van der Waals surface area contributed by atoms with Crippen LogP contribution in [0.3, 0.4) is 0 Å². The highest BCUT2D eigenvalue weighted by atomic mass is 14.5. The van der Waals surface area contributed by atoms with E-state index in [0.29, 0.717) is 5.41 Å². The lowest BCUT2D eigenvalue weighted by molar-refractivity contribution is 0.498. The van der Waals surface area contributed by atoms with Crippen molar-refractivity contribution in [3.05, 3.63) is 11.1 Å². The Morgan fingerprint density at radius 3 is 2.78 bits per heavy atom. The van der Waals surface area contributed by atoms with Crippen molar-refractivity contribution in [3.63, 3.8) is 0 Å². The van der Waals surface area contributed by atoms with E-state index in [2.05, 4.69) is 13.8 Å². The molecule has 2 aliphatic carbocycles. The molecule has 1 atom stereocenters. The molecular formula is C9H14. The number of hydrogen-bond acceptors (Lipinski definition) is 0. The van der Waals surface area contributed by atoms with Crippen LogP contribution in [-0.4, -0.2) is 0 Å². The Balaban J connectivity index is 2.33. The monoisotopic (exact) mass is 122 g/mol. The van der Waals surface area contributed by atoms with Crippen molar-refractivity contribution in [2.24, 2.45) is 5.41 Å². The molecule has 0 radical (unpaired) electrons. The van der Waals surface area contributed by atoms with Gasteiger partial charge in [-0.05, 0) is 38.0 Å². The Hall–Kier alpha value is -0.260. The quantitative estimate of drug-likeness (QED) is 0.433. The molecule has 0 aromatic carbocycles. The molecule has 0 nitrogen and oxygen atoms in total. The van der Waals surface area contributed by atoms with Gasteiger partial charge in [-0.25, -0.2) is 0 Å². The lowest BCUT2D eigenvalue weighted by Gasteiger charge is -2.13. The van der Waals surface area contributed by atoms with E-state index in [4.69, 9.17) is 0 Å². The van der Waals surface area contributed by atoms with Crippen LogP contribution < -0.4 is 0 Å². The molecule has 0 amide bonds. The van der Waals surface area contributed by atoms with Crippen molar-refractivity contribution >= 4 is 0 Å². The minimum Gasteiger partial charge on any atom is -0.0735 e. The third-order valence-corrected chi connectivity index (χ3v) is 2.97. The fourth-order valence-corrected chi connectivity index (χ4v) is 2.15. The van der Waals surface area contributed by atoms with Gasteiger partial charge in [-0.2, -0.15) is 0 Å². The summed E-state index contributed by atoms with van der Waals surface area (Å²) >= 11 is 0. The van der Waals surface area contributed by atoms with Gasteiger partial charge in [0.1, 0.15) is 0 Å². The molecule has 2 rings (SSSR count). The predicted octanol–water partition coefficient (Wildman–Crippen LogP) is 2.90. The summed E-state index contributed by atoms with van der Waals surface area (Å²) in [7, 11) is 0. The summed E-state index contributed by atoms with van der Waals surface area (Å²) in [5.74, 6) is 0. The molecular weight excluding hydrogens is 108 g/mol. The molecule has 2 aliphatic rings. The SMILES string of the molecule is CC1=C2CC2(C)CCC1. The van der Waals surface area contributed by atoms with Crippen molar-refractivity contribution in [2.75, 3.05) is 0 Å². The van der Waals surface area contributed by atoms with Crippen LogP contribution in [0.15, 0.2) is 11.1 Å². The second-order valence-electron chi connectivity index (χ2n) is 3.85. The first-order valence-corrected chi connectivity index (χ1v) is 3.91. The molecule has 9 heavy (non-hydrogen) atoms. The fraction of sp³-hybridized carbons (Fsp3) is 0.778. The molecule has 0 aliphatic heterocycles. The van der Waals surface area contributed by atoms with Crippen LogP contribution >= 0.6 is 0 Å². The van der Waals surface area contributed by atoms with E-state index in [1.54, 1.807) is 11.1 Å². The molecule has 0 heterocycles. The molecule has 50 valence electrons. The van der Waals surface area contributed by atoms with Crippen molar-refractivity contribution in [2.45, 2.75) is 39.5 Å². The highest BCUT2D eigenvalue weighted by Gasteiger charge is 2.46. The molecule has 0 aromatic rings. The molecule has 0 spiro atoms. The number of allylic oxidation sites excluding steroid dienone is 2. The first kappa shape index (κ1) is 5.52. The summed E-state index contributed by atoms with van der Waals surface area (Å²) in [6, 6.07) is 0. The third kappa shape index (κ3) is 0.654. The zero-order chi connectivity index (χ0) is 6.48. The summed E-state index contributed by atoms with van der Waals surface area (Å²) < 4.78 is 0. The zero-order valence-electron chi connectivity index (χ0n) is 6.33. The standard InChI is InChI=1S/C9H14/c1-7-4-3-5-9(2)6-8(7)9/h3-6H2,1-2H3. The van der Waals surface area contributed by atoms with Crippen LogP contribution in [0.1, 0.15) is 39.5 Å². The smallest absolute Gasteiger partial charge is 0.00759 e. The molecule has 1 saturated carbocycles. The minimum atomic E-state index is 0.697. The number of rotatable bonds is 0. The summed E-state index contributed by atoms with van der Waals surface area (Å²) in [4.78, 5) is 0. The Labute approximate surface area is 57.0 Å². The third-order valence-electron chi connectivity index (χ3n) is 2.97. The van der Waals surface area contributed by atoms with Crippen molar-refractivity contribution < 1.29 is 0 Å². The van der Waals surface area contributed by atoms with E-state index < -0.39 is 0 Å². The molecule has 0 N–H and O–H groups in total. The second kappa shape index (κ2) is 1.42. The van der Waals surface area contributed by atoms with E-state index in [0.717, 1.165) is 0 Å². The lowest BCUT2D eigenvalue weighted by atomic mass is 9.92. The Bertz CT molecular complexity index is 176. The van der Waals surface area contributed by atoms with Gasteiger partial charge in [0.15, 0.2) is 0 Å². The van der Waals surface area contributed by atoms with Crippen LogP contribution in [0.25, 0.3) is 0 Å². The van der Waals surface area contributed by atoms with Gasteiger partial charge in [0.2, 0.25) is 0 Å². The first-order chi connectivity index (χ1) is 4.22. The van der Waals surface area contributed by atoms with E-state index in [9.17, 15) is 0 Å². The summed E-state index contributed by atoms with van der Waals surface area (Å²) in [5, 5.41) is 0. The maximum absolute atomic E-state index is 2.41. The summed E-state index contributed by atoms with van der Waals surface area (Å²) in [6.07, 6.45) is 5.69. The van der Waals surface area contributed by atoms with Crippen LogP contribution in [0.5, 0.6) is 0 Å². The molecule has 0 heteroatoms. The summed E-state index contributed by atoms with van der Waals surface area (Å²) in [5.41, 5.74) is 4.18. The van der Waals surface area contributed by atoms with E-state index in [1.165, 1.54) is 25.7 Å². The average molecular weight is 122 g/mol. The van der Waals surface area contributed by atoms with Crippen molar-refractivity contribution in [3.8, 4) is 0 Å².